The number of hydrogen-bond donors (Lipinski definition) is 2. The largest absolute Gasteiger partial charge is 0.333 e. The average Bonchev–Trinajstić information content (AvgIpc) is 2.61. The van der Waals surface area contributed by atoms with Crippen LogP contribution in [0.4, 0.5) is 14.6 Å². The van der Waals surface area contributed by atoms with Gasteiger partial charge in [0.05, 0.1) is 0 Å². The van der Waals surface area contributed by atoms with Crippen LogP contribution in [0.2, 0.25) is 0 Å². The van der Waals surface area contributed by atoms with Crippen molar-refractivity contribution in [2.24, 2.45) is 0 Å². The van der Waals surface area contributed by atoms with Gasteiger partial charge < -0.3 is 10.3 Å². The van der Waals surface area contributed by atoms with E-state index >= 15 is 0 Å². The maximum absolute atomic E-state index is 12.4. The molecule has 2 heterocycles. The van der Waals surface area contributed by atoms with Gasteiger partial charge in [0.25, 0.3) is 6.43 Å². The third kappa shape index (κ3) is 1.81. The van der Waals surface area contributed by atoms with Gasteiger partial charge in [0.2, 0.25) is 5.91 Å². The summed E-state index contributed by atoms with van der Waals surface area (Å²) < 4.78 is 24.7. The second-order valence-electron chi connectivity index (χ2n) is 3.02. The lowest BCUT2D eigenvalue weighted by atomic mass is 10.5. The third-order valence-corrected chi connectivity index (χ3v) is 1.81. The minimum Gasteiger partial charge on any atom is -0.333 e. The number of rotatable bonds is 2. The van der Waals surface area contributed by atoms with E-state index in [1.165, 1.54) is 6.92 Å². The zero-order valence-electron chi connectivity index (χ0n) is 8.16. The molecule has 2 aromatic rings. The van der Waals surface area contributed by atoms with Crippen LogP contribution in [-0.2, 0) is 4.79 Å². The SMILES string of the molecule is CC(=O)Nc1ncnc2nc(C(F)F)[nH]c12. The van der Waals surface area contributed by atoms with Crippen LogP contribution >= 0.6 is 0 Å². The molecule has 16 heavy (non-hydrogen) atoms. The summed E-state index contributed by atoms with van der Waals surface area (Å²) in [7, 11) is 0. The number of H-pyrrole nitrogens is 1. The lowest BCUT2D eigenvalue weighted by molar-refractivity contribution is -0.114. The molecule has 0 saturated heterocycles. The summed E-state index contributed by atoms with van der Waals surface area (Å²) in [6, 6.07) is 0. The van der Waals surface area contributed by atoms with Crippen molar-refractivity contribution in [3.8, 4) is 0 Å². The van der Waals surface area contributed by atoms with E-state index in [4.69, 9.17) is 0 Å². The summed E-state index contributed by atoms with van der Waals surface area (Å²) >= 11 is 0. The summed E-state index contributed by atoms with van der Waals surface area (Å²) in [6.07, 6.45) is -1.58. The van der Waals surface area contributed by atoms with Crippen molar-refractivity contribution >= 4 is 22.9 Å². The smallest absolute Gasteiger partial charge is 0.295 e. The molecule has 0 spiro atoms. The van der Waals surface area contributed by atoms with E-state index in [1.54, 1.807) is 0 Å². The Labute approximate surface area is 88.1 Å². The van der Waals surface area contributed by atoms with Crippen molar-refractivity contribution in [2.45, 2.75) is 13.3 Å². The number of carbonyl (C=O) groups is 1. The molecule has 0 aliphatic carbocycles. The second kappa shape index (κ2) is 3.80. The van der Waals surface area contributed by atoms with Crippen LogP contribution in [0.3, 0.4) is 0 Å². The van der Waals surface area contributed by atoms with Gasteiger partial charge in [0.15, 0.2) is 17.3 Å². The Hall–Kier alpha value is -2.12. The monoisotopic (exact) mass is 227 g/mol. The molecule has 0 bridgehead atoms. The Morgan fingerprint density at radius 2 is 2.25 bits per heavy atom. The van der Waals surface area contributed by atoms with Crippen molar-refractivity contribution in [3.63, 3.8) is 0 Å². The fourth-order valence-electron chi connectivity index (χ4n) is 1.21. The van der Waals surface area contributed by atoms with Crippen molar-refractivity contribution in [1.29, 1.82) is 0 Å². The highest BCUT2D eigenvalue weighted by atomic mass is 19.3. The van der Waals surface area contributed by atoms with Crippen LogP contribution in [0, 0.1) is 0 Å². The highest BCUT2D eigenvalue weighted by Crippen LogP contribution is 2.21. The molecule has 0 saturated carbocycles. The van der Waals surface area contributed by atoms with E-state index in [0.29, 0.717) is 0 Å². The zero-order chi connectivity index (χ0) is 11.7. The molecule has 0 fully saturated rings. The summed E-state index contributed by atoms with van der Waals surface area (Å²) in [5.41, 5.74) is 0.280. The molecule has 0 aromatic carbocycles. The first-order valence-corrected chi connectivity index (χ1v) is 4.34. The summed E-state index contributed by atoms with van der Waals surface area (Å²) in [6.45, 7) is 1.29. The van der Waals surface area contributed by atoms with E-state index < -0.39 is 12.2 Å². The Morgan fingerprint density at radius 3 is 2.88 bits per heavy atom. The summed E-state index contributed by atoms with van der Waals surface area (Å²) in [4.78, 5) is 24.3. The van der Waals surface area contributed by atoms with Gasteiger partial charge in [-0.25, -0.2) is 23.7 Å². The topological polar surface area (TPSA) is 83.6 Å². The van der Waals surface area contributed by atoms with Crippen molar-refractivity contribution in [3.05, 3.63) is 12.2 Å². The quantitative estimate of drug-likeness (QED) is 0.808. The summed E-state index contributed by atoms with van der Waals surface area (Å²) in [5.74, 6) is -0.716. The fourth-order valence-corrected chi connectivity index (χ4v) is 1.21. The van der Waals surface area contributed by atoms with E-state index in [9.17, 15) is 13.6 Å². The zero-order valence-corrected chi connectivity index (χ0v) is 8.16. The molecule has 2 rings (SSSR count). The van der Waals surface area contributed by atoms with Crippen molar-refractivity contribution < 1.29 is 13.6 Å². The lowest BCUT2D eigenvalue weighted by Gasteiger charge is -1.99. The maximum atomic E-state index is 12.4. The first-order chi connectivity index (χ1) is 7.58. The van der Waals surface area contributed by atoms with Gasteiger partial charge in [0.1, 0.15) is 11.8 Å². The molecule has 2 N–H and O–H groups in total. The number of halogens is 2. The third-order valence-electron chi connectivity index (χ3n) is 1.81. The molecule has 0 aliphatic rings. The van der Waals surface area contributed by atoms with Gasteiger partial charge in [-0.1, -0.05) is 0 Å². The number of hydrogen-bond acceptors (Lipinski definition) is 4. The predicted molar refractivity (Wildman–Crippen MR) is 50.9 cm³/mol. The minimum absolute atomic E-state index is 0.0917. The Kier molecular flexibility index (Phi) is 2.47. The standard InChI is InChI=1S/C8H7F2N5O/c1-3(16)13-6-4-7(12-2-11-6)15-8(14-4)5(9)10/h2,5H,1H3,(H2,11,12,13,14,15,16). The maximum Gasteiger partial charge on any atom is 0.295 e. The first kappa shape index (κ1) is 10.4. The van der Waals surface area contributed by atoms with Gasteiger partial charge in [-0.3, -0.25) is 4.79 Å². The van der Waals surface area contributed by atoms with Gasteiger partial charge in [-0.15, -0.1) is 0 Å². The second-order valence-corrected chi connectivity index (χ2v) is 3.02. The van der Waals surface area contributed by atoms with E-state index in [-0.39, 0.29) is 22.9 Å². The predicted octanol–water partition coefficient (Wildman–Crippen LogP) is 1.25. The molecule has 0 atom stereocenters. The van der Waals surface area contributed by atoms with E-state index in [1.807, 2.05) is 0 Å². The molecule has 0 aliphatic heterocycles. The Bertz CT molecular complexity index is 538. The van der Waals surface area contributed by atoms with Crippen LogP contribution < -0.4 is 5.32 Å². The molecule has 0 radical (unpaired) electrons. The Balaban J connectivity index is 2.54. The molecule has 6 nitrogen and oxygen atoms in total. The molecular weight excluding hydrogens is 220 g/mol. The fraction of sp³-hybridized carbons (Fsp3) is 0.250. The molecule has 2 aromatic heterocycles. The first-order valence-electron chi connectivity index (χ1n) is 4.34. The van der Waals surface area contributed by atoms with E-state index in [0.717, 1.165) is 6.33 Å². The minimum atomic E-state index is -2.72. The number of alkyl halides is 2. The van der Waals surface area contributed by atoms with Gasteiger partial charge >= 0.3 is 0 Å². The van der Waals surface area contributed by atoms with Crippen molar-refractivity contribution in [1.82, 2.24) is 19.9 Å². The number of aromatic amines is 1. The number of carbonyl (C=O) groups excluding carboxylic acids is 1. The highest BCUT2D eigenvalue weighted by Gasteiger charge is 2.16. The van der Waals surface area contributed by atoms with Gasteiger partial charge in [0, 0.05) is 6.92 Å². The van der Waals surface area contributed by atoms with Crippen LogP contribution in [0.1, 0.15) is 19.2 Å². The number of amides is 1. The van der Waals surface area contributed by atoms with Crippen molar-refractivity contribution in [2.75, 3.05) is 5.32 Å². The van der Waals surface area contributed by atoms with Crippen LogP contribution in [0.15, 0.2) is 6.33 Å². The molecule has 0 unspecified atom stereocenters. The molecule has 8 heteroatoms. The lowest BCUT2D eigenvalue weighted by Crippen LogP contribution is -2.08. The number of nitrogens with one attached hydrogen (secondary N) is 2. The number of nitrogens with zero attached hydrogens (tertiary/aromatic N) is 3. The number of fused-ring (bicyclic) bond motifs is 1. The average molecular weight is 227 g/mol. The normalized spacial score (nSPS) is 11.0. The number of imidazole rings is 1. The molecular formula is C8H7F2N5O. The highest BCUT2D eigenvalue weighted by molar-refractivity contribution is 5.95. The molecule has 84 valence electrons. The van der Waals surface area contributed by atoms with Crippen LogP contribution in [0.5, 0.6) is 0 Å². The van der Waals surface area contributed by atoms with Gasteiger partial charge in [-0.2, -0.15) is 0 Å². The van der Waals surface area contributed by atoms with Gasteiger partial charge in [-0.05, 0) is 0 Å². The summed E-state index contributed by atoms with van der Waals surface area (Å²) in [5, 5.41) is 2.39. The Morgan fingerprint density at radius 1 is 1.50 bits per heavy atom. The van der Waals surface area contributed by atoms with Crippen LogP contribution in [-0.4, -0.2) is 25.8 Å². The number of aromatic nitrogens is 4. The van der Waals surface area contributed by atoms with E-state index in [2.05, 4.69) is 25.3 Å². The number of anilines is 1. The van der Waals surface area contributed by atoms with Crippen LogP contribution in [0.25, 0.3) is 11.2 Å². The molecule has 1 amide bonds.